The maximum Gasteiger partial charge on any atom is 0.0495 e. The summed E-state index contributed by atoms with van der Waals surface area (Å²) in [6.07, 6.45) is 2.41. The average molecular weight is 247 g/mol. The van der Waals surface area contributed by atoms with E-state index in [1.54, 1.807) is 0 Å². The van der Waals surface area contributed by atoms with Gasteiger partial charge in [0, 0.05) is 19.3 Å². The van der Waals surface area contributed by atoms with Gasteiger partial charge in [0.05, 0.1) is 0 Å². The van der Waals surface area contributed by atoms with Gasteiger partial charge in [0.1, 0.15) is 0 Å². The van der Waals surface area contributed by atoms with Crippen LogP contribution < -0.4 is 5.32 Å². The Morgan fingerprint density at radius 1 is 1.33 bits per heavy atom. The molecule has 1 aromatic carbocycles. The van der Waals surface area contributed by atoms with Gasteiger partial charge in [-0.25, -0.2) is 0 Å². The molecule has 0 radical (unpaired) electrons. The zero-order valence-electron chi connectivity index (χ0n) is 11.8. The van der Waals surface area contributed by atoms with E-state index in [0.717, 1.165) is 25.7 Å². The molecule has 2 heteroatoms. The minimum absolute atomic E-state index is 0.473. The third-order valence-corrected chi connectivity index (χ3v) is 3.98. The quantitative estimate of drug-likeness (QED) is 0.861. The second-order valence-corrected chi connectivity index (χ2v) is 5.42. The maximum absolute atomic E-state index is 5.49. The average Bonchev–Trinajstić information content (AvgIpc) is 2.85. The van der Waals surface area contributed by atoms with Crippen LogP contribution >= 0.6 is 0 Å². The molecule has 1 aliphatic rings. The highest BCUT2D eigenvalue weighted by Gasteiger charge is 2.21. The number of hydrogen-bond donors (Lipinski definition) is 1. The van der Waals surface area contributed by atoms with Crippen molar-refractivity contribution in [3.63, 3.8) is 0 Å². The van der Waals surface area contributed by atoms with Crippen LogP contribution in [-0.2, 0) is 4.74 Å². The van der Waals surface area contributed by atoms with Gasteiger partial charge in [0.2, 0.25) is 0 Å². The van der Waals surface area contributed by atoms with Crippen LogP contribution in [0.15, 0.2) is 18.2 Å². The molecule has 2 nitrogen and oxygen atoms in total. The van der Waals surface area contributed by atoms with Gasteiger partial charge in [-0.15, -0.1) is 0 Å². The largest absolute Gasteiger partial charge is 0.381 e. The Bertz CT molecular complexity index is 383. The van der Waals surface area contributed by atoms with E-state index in [9.17, 15) is 0 Å². The van der Waals surface area contributed by atoms with Crippen molar-refractivity contribution in [3.8, 4) is 0 Å². The fourth-order valence-electron chi connectivity index (χ4n) is 2.67. The lowest BCUT2D eigenvalue weighted by molar-refractivity contribution is 0.181. The highest BCUT2D eigenvalue weighted by molar-refractivity contribution is 5.31. The Morgan fingerprint density at radius 3 is 2.78 bits per heavy atom. The first-order valence-corrected chi connectivity index (χ1v) is 7.09. The first-order valence-electron chi connectivity index (χ1n) is 7.09. The van der Waals surface area contributed by atoms with Gasteiger partial charge in [-0.05, 0) is 55.8 Å². The SMILES string of the molecule is CCNC(CC1CCOC1)c1ccc(C)c(C)c1. The molecule has 0 spiro atoms. The zero-order chi connectivity index (χ0) is 13.0. The number of ether oxygens (including phenoxy) is 1. The van der Waals surface area contributed by atoms with Gasteiger partial charge in [-0.3, -0.25) is 0 Å². The summed E-state index contributed by atoms with van der Waals surface area (Å²) < 4.78 is 5.49. The van der Waals surface area contributed by atoms with E-state index in [2.05, 4.69) is 44.3 Å². The first-order chi connectivity index (χ1) is 8.70. The molecule has 1 aliphatic heterocycles. The van der Waals surface area contributed by atoms with Crippen LogP contribution in [0.2, 0.25) is 0 Å². The molecule has 2 rings (SSSR count). The molecule has 2 atom stereocenters. The number of aryl methyl sites for hydroxylation is 2. The monoisotopic (exact) mass is 247 g/mol. The van der Waals surface area contributed by atoms with Gasteiger partial charge < -0.3 is 10.1 Å². The third-order valence-electron chi connectivity index (χ3n) is 3.98. The molecule has 0 saturated carbocycles. The summed E-state index contributed by atoms with van der Waals surface area (Å²) in [5, 5.41) is 3.62. The minimum atomic E-state index is 0.473. The molecule has 1 N–H and O–H groups in total. The van der Waals surface area contributed by atoms with E-state index >= 15 is 0 Å². The Morgan fingerprint density at radius 2 is 2.17 bits per heavy atom. The van der Waals surface area contributed by atoms with E-state index in [1.807, 2.05) is 0 Å². The summed E-state index contributed by atoms with van der Waals surface area (Å²) in [6.45, 7) is 9.44. The second kappa shape index (κ2) is 6.35. The molecular weight excluding hydrogens is 222 g/mol. The summed E-state index contributed by atoms with van der Waals surface area (Å²) in [6, 6.07) is 7.31. The number of rotatable bonds is 5. The third kappa shape index (κ3) is 3.33. The summed E-state index contributed by atoms with van der Waals surface area (Å²) in [5.74, 6) is 0.718. The fourth-order valence-corrected chi connectivity index (χ4v) is 2.67. The lowest BCUT2D eigenvalue weighted by Gasteiger charge is -2.22. The highest BCUT2D eigenvalue weighted by Crippen LogP contribution is 2.27. The van der Waals surface area contributed by atoms with Gasteiger partial charge in [0.15, 0.2) is 0 Å². The molecule has 1 heterocycles. The van der Waals surface area contributed by atoms with Crippen molar-refractivity contribution >= 4 is 0 Å². The van der Waals surface area contributed by atoms with Crippen molar-refractivity contribution in [2.45, 2.75) is 39.7 Å². The van der Waals surface area contributed by atoms with E-state index in [4.69, 9.17) is 4.74 Å². The predicted octanol–water partition coefficient (Wildman–Crippen LogP) is 3.38. The lowest BCUT2D eigenvalue weighted by Crippen LogP contribution is -2.23. The molecule has 0 aliphatic carbocycles. The number of nitrogens with one attached hydrogen (secondary N) is 1. The normalized spacial score (nSPS) is 21.2. The smallest absolute Gasteiger partial charge is 0.0495 e. The van der Waals surface area contributed by atoms with E-state index in [-0.39, 0.29) is 0 Å². The standard InChI is InChI=1S/C16H25NO/c1-4-17-16(10-14-7-8-18-11-14)15-6-5-12(2)13(3)9-15/h5-6,9,14,16-17H,4,7-8,10-11H2,1-3H3. The molecule has 1 aromatic rings. The van der Waals surface area contributed by atoms with E-state index in [1.165, 1.54) is 29.5 Å². The molecule has 0 bridgehead atoms. The summed E-state index contributed by atoms with van der Waals surface area (Å²) >= 11 is 0. The first kappa shape index (κ1) is 13.6. The summed E-state index contributed by atoms with van der Waals surface area (Å²) in [4.78, 5) is 0. The molecule has 18 heavy (non-hydrogen) atoms. The number of benzene rings is 1. The van der Waals surface area contributed by atoms with E-state index in [0.29, 0.717) is 6.04 Å². The fraction of sp³-hybridized carbons (Fsp3) is 0.625. The van der Waals surface area contributed by atoms with Crippen LogP contribution in [0.1, 0.15) is 42.5 Å². The van der Waals surface area contributed by atoms with Crippen molar-refractivity contribution in [3.05, 3.63) is 34.9 Å². The van der Waals surface area contributed by atoms with Crippen molar-refractivity contribution in [1.82, 2.24) is 5.32 Å². The lowest BCUT2D eigenvalue weighted by atomic mass is 9.92. The topological polar surface area (TPSA) is 21.3 Å². The molecule has 100 valence electrons. The van der Waals surface area contributed by atoms with Crippen molar-refractivity contribution in [2.75, 3.05) is 19.8 Å². The van der Waals surface area contributed by atoms with Gasteiger partial charge in [-0.2, -0.15) is 0 Å². The Hall–Kier alpha value is -0.860. The maximum atomic E-state index is 5.49. The van der Waals surface area contributed by atoms with Crippen molar-refractivity contribution in [2.24, 2.45) is 5.92 Å². The van der Waals surface area contributed by atoms with Crippen LogP contribution in [0.3, 0.4) is 0 Å². The second-order valence-electron chi connectivity index (χ2n) is 5.42. The van der Waals surface area contributed by atoms with Crippen LogP contribution in [0.25, 0.3) is 0 Å². The molecule has 0 amide bonds. The van der Waals surface area contributed by atoms with Crippen LogP contribution in [0, 0.1) is 19.8 Å². The predicted molar refractivity (Wildman–Crippen MR) is 75.9 cm³/mol. The van der Waals surface area contributed by atoms with E-state index < -0.39 is 0 Å². The summed E-state index contributed by atoms with van der Waals surface area (Å²) in [5.41, 5.74) is 4.18. The minimum Gasteiger partial charge on any atom is -0.381 e. The molecule has 1 saturated heterocycles. The van der Waals surface area contributed by atoms with Gasteiger partial charge in [-0.1, -0.05) is 25.1 Å². The van der Waals surface area contributed by atoms with Crippen LogP contribution in [0.4, 0.5) is 0 Å². The van der Waals surface area contributed by atoms with Crippen LogP contribution in [0.5, 0.6) is 0 Å². The van der Waals surface area contributed by atoms with Crippen LogP contribution in [-0.4, -0.2) is 19.8 Å². The molecule has 1 fully saturated rings. The number of hydrogen-bond acceptors (Lipinski definition) is 2. The van der Waals surface area contributed by atoms with Crippen molar-refractivity contribution in [1.29, 1.82) is 0 Å². The Labute approximate surface area is 111 Å². The van der Waals surface area contributed by atoms with Gasteiger partial charge >= 0.3 is 0 Å². The van der Waals surface area contributed by atoms with Crippen molar-refractivity contribution < 1.29 is 4.74 Å². The molecule has 2 unspecified atom stereocenters. The van der Waals surface area contributed by atoms with Gasteiger partial charge in [0.25, 0.3) is 0 Å². The molecular formula is C16H25NO. The molecule has 0 aromatic heterocycles. The Balaban J connectivity index is 2.09. The highest BCUT2D eigenvalue weighted by atomic mass is 16.5. The zero-order valence-corrected chi connectivity index (χ0v) is 11.8. The Kier molecular flexibility index (Phi) is 4.79. The summed E-state index contributed by atoms with van der Waals surface area (Å²) in [7, 11) is 0.